The fraction of sp³-hybridized carbons (Fsp3) is 0.533. The Labute approximate surface area is 136 Å². The molecular weight excluding hydrogens is 320 g/mol. The van der Waals surface area contributed by atoms with Crippen LogP contribution in [-0.4, -0.2) is 52.7 Å². The Kier molecular flexibility index (Phi) is 4.84. The first-order chi connectivity index (χ1) is 10.8. The van der Waals surface area contributed by atoms with Gasteiger partial charge in [0.05, 0.1) is 31.8 Å². The molecule has 0 spiro atoms. The first-order valence-electron chi connectivity index (χ1n) is 7.03. The Hall–Kier alpha value is -1.82. The highest BCUT2D eigenvalue weighted by molar-refractivity contribution is 7.89. The van der Waals surface area contributed by atoms with Gasteiger partial charge in [0.25, 0.3) is 0 Å². The monoisotopic (exact) mass is 340 g/mol. The van der Waals surface area contributed by atoms with Crippen LogP contribution in [0.25, 0.3) is 0 Å². The van der Waals surface area contributed by atoms with Gasteiger partial charge in [0, 0.05) is 26.1 Å². The summed E-state index contributed by atoms with van der Waals surface area (Å²) in [6.07, 6.45) is 0.339. The summed E-state index contributed by atoms with van der Waals surface area (Å²) in [5.74, 6) is 0.768. The molecule has 1 aromatic rings. The predicted molar refractivity (Wildman–Crippen MR) is 83.0 cm³/mol. The second kappa shape index (κ2) is 6.35. The van der Waals surface area contributed by atoms with Gasteiger partial charge in [-0.1, -0.05) is 0 Å². The number of likely N-dealkylation sites (N-methyl/N-ethyl adjacent to an activating group) is 1. The molecular formula is C15H20N2O5S. The van der Waals surface area contributed by atoms with Crippen LogP contribution in [0.2, 0.25) is 0 Å². The second-order valence-corrected chi connectivity index (χ2v) is 7.33. The van der Waals surface area contributed by atoms with Crippen molar-refractivity contribution in [3.8, 4) is 17.6 Å². The summed E-state index contributed by atoms with van der Waals surface area (Å²) < 4.78 is 42.7. The molecule has 2 rings (SSSR count). The Bertz CT molecular complexity index is 733. The minimum atomic E-state index is -3.89. The van der Waals surface area contributed by atoms with Crippen molar-refractivity contribution in [2.45, 2.75) is 23.8 Å². The highest BCUT2D eigenvalue weighted by atomic mass is 32.2. The van der Waals surface area contributed by atoms with Crippen LogP contribution in [0.4, 0.5) is 0 Å². The van der Waals surface area contributed by atoms with E-state index in [0.29, 0.717) is 30.1 Å². The quantitative estimate of drug-likeness (QED) is 0.803. The topological polar surface area (TPSA) is 88.9 Å². The third-order valence-corrected chi connectivity index (χ3v) is 6.20. The Balaban J connectivity index is 2.54. The predicted octanol–water partition coefficient (Wildman–Crippen LogP) is 1.32. The maximum absolute atomic E-state index is 13.0. The van der Waals surface area contributed by atoms with Gasteiger partial charge in [-0.05, 0) is 18.6 Å². The highest BCUT2D eigenvalue weighted by Crippen LogP contribution is 2.36. The number of methoxy groups -OCH3 is 2. The van der Waals surface area contributed by atoms with E-state index in [1.165, 1.54) is 27.3 Å². The van der Waals surface area contributed by atoms with Crippen LogP contribution in [-0.2, 0) is 14.8 Å². The summed E-state index contributed by atoms with van der Waals surface area (Å²) in [4.78, 5) is 0.0826. The molecule has 0 aromatic heterocycles. The van der Waals surface area contributed by atoms with Gasteiger partial charge in [-0.3, -0.25) is 0 Å². The third kappa shape index (κ3) is 2.87. The minimum absolute atomic E-state index is 0.0611. The molecule has 8 heteroatoms. The molecule has 1 heterocycles. The van der Waals surface area contributed by atoms with E-state index >= 15 is 0 Å². The van der Waals surface area contributed by atoms with Crippen LogP contribution in [0, 0.1) is 18.3 Å². The average molecular weight is 340 g/mol. The molecule has 0 saturated carbocycles. The lowest BCUT2D eigenvalue weighted by atomic mass is 10.0. The number of ether oxygens (including phenoxy) is 3. The van der Waals surface area contributed by atoms with Crippen molar-refractivity contribution < 1.29 is 22.6 Å². The Morgan fingerprint density at radius 2 is 1.91 bits per heavy atom. The number of nitrogens with zero attached hydrogens (tertiary/aromatic N) is 2. The molecule has 0 N–H and O–H groups in total. The number of nitriles is 1. The Morgan fingerprint density at radius 1 is 1.30 bits per heavy atom. The summed E-state index contributed by atoms with van der Waals surface area (Å²) in [5, 5.41) is 9.47. The summed E-state index contributed by atoms with van der Waals surface area (Å²) in [5.41, 5.74) is -0.667. The zero-order valence-corrected chi connectivity index (χ0v) is 14.4. The third-order valence-electron chi connectivity index (χ3n) is 4.13. The molecule has 0 radical (unpaired) electrons. The lowest BCUT2D eigenvalue weighted by molar-refractivity contribution is 0.162. The molecule has 0 bridgehead atoms. The SMILES string of the molecule is COc1cc(C)c(S(=O)(=O)N(C)[C@@]2(C#N)CCOC2)cc1OC. The summed E-state index contributed by atoms with van der Waals surface area (Å²) in [6.45, 7) is 2.09. The zero-order chi connectivity index (χ0) is 17.3. The van der Waals surface area contributed by atoms with E-state index in [9.17, 15) is 13.7 Å². The number of sulfonamides is 1. The van der Waals surface area contributed by atoms with Gasteiger partial charge in [0.2, 0.25) is 10.0 Å². The van der Waals surface area contributed by atoms with E-state index in [1.807, 2.05) is 0 Å². The van der Waals surface area contributed by atoms with Gasteiger partial charge in [0.1, 0.15) is 5.54 Å². The Morgan fingerprint density at radius 3 is 2.39 bits per heavy atom. The number of rotatable bonds is 5. The van der Waals surface area contributed by atoms with Crippen molar-refractivity contribution in [2.24, 2.45) is 0 Å². The van der Waals surface area contributed by atoms with Crippen LogP contribution in [0.1, 0.15) is 12.0 Å². The van der Waals surface area contributed by atoms with Crippen molar-refractivity contribution in [3.05, 3.63) is 17.7 Å². The summed E-state index contributed by atoms with van der Waals surface area (Å²) in [7, 11) is 0.444. The van der Waals surface area contributed by atoms with Crippen LogP contribution in [0.3, 0.4) is 0 Å². The maximum atomic E-state index is 13.0. The van der Waals surface area contributed by atoms with Gasteiger partial charge in [-0.15, -0.1) is 0 Å². The zero-order valence-electron chi connectivity index (χ0n) is 13.6. The molecule has 1 atom stereocenters. The lowest BCUT2D eigenvalue weighted by Crippen LogP contribution is -2.49. The maximum Gasteiger partial charge on any atom is 0.244 e. The molecule has 1 saturated heterocycles. The molecule has 1 aliphatic rings. The summed E-state index contributed by atoms with van der Waals surface area (Å²) >= 11 is 0. The second-order valence-electron chi connectivity index (χ2n) is 5.39. The molecule has 0 aliphatic carbocycles. The van der Waals surface area contributed by atoms with Crippen molar-refractivity contribution in [2.75, 3.05) is 34.5 Å². The summed E-state index contributed by atoms with van der Waals surface area (Å²) in [6, 6.07) is 5.11. The van der Waals surface area contributed by atoms with E-state index in [2.05, 4.69) is 6.07 Å². The van der Waals surface area contributed by atoms with Gasteiger partial charge < -0.3 is 14.2 Å². The number of hydrogen-bond acceptors (Lipinski definition) is 6. The molecule has 1 aliphatic heterocycles. The normalized spacial score (nSPS) is 21.2. The van der Waals surface area contributed by atoms with Crippen molar-refractivity contribution >= 4 is 10.0 Å². The first-order valence-corrected chi connectivity index (χ1v) is 8.47. The molecule has 1 fully saturated rings. The first kappa shape index (κ1) is 17.5. The number of benzene rings is 1. The largest absolute Gasteiger partial charge is 0.493 e. The van der Waals surface area contributed by atoms with E-state index in [0.717, 1.165) is 4.31 Å². The van der Waals surface area contributed by atoms with Gasteiger partial charge in [-0.25, -0.2) is 8.42 Å². The fourth-order valence-electron chi connectivity index (χ4n) is 2.58. The molecule has 0 amide bonds. The van der Waals surface area contributed by atoms with E-state index in [1.54, 1.807) is 13.0 Å². The van der Waals surface area contributed by atoms with Crippen LogP contribution >= 0.6 is 0 Å². The molecule has 7 nitrogen and oxygen atoms in total. The van der Waals surface area contributed by atoms with Crippen LogP contribution in [0.15, 0.2) is 17.0 Å². The highest BCUT2D eigenvalue weighted by Gasteiger charge is 2.45. The lowest BCUT2D eigenvalue weighted by Gasteiger charge is -2.30. The standard InChI is InChI=1S/C15H20N2O5S/c1-11-7-12(20-3)13(21-4)8-14(11)23(18,19)17(2)15(9-16)5-6-22-10-15/h7-8H,5-6,10H2,1-4H3/t15-/m1/s1. The van der Waals surface area contributed by atoms with E-state index in [4.69, 9.17) is 14.2 Å². The van der Waals surface area contributed by atoms with E-state index < -0.39 is 15.6 Å². The van der Waals surface area contributed by atoms with Crippen LogP contribution in [0.5, 0.6) is 11.5 Å². The van der Waals surface area contributed by atoms with Gasteiger partial charge in [-0.2, -0.15) is 9.57 Å². The van der Waals surface area contributed by atoms with Crippen molar-refractivity contribution in [1.82, 2.24) is 4.31 Å². The number of hydrogen-bond donors (Lipinski definition) is 0. The van der Waals surface area contributed by atoms with E-state index in [-0.39, 0.29) is 11.5 Å². The average Bonchev–Trinajstić information content (AvgIpc) is 3.03. The van der Waals surface area contributed by atoms with Crippen molar-refractivity contribution in [3.63, 3.8) is 0 Å². The molecule has 1 aromatic carbocycles. The van der Waals surface area contributed by atoms with Crippen LogP contribution < -0.4 is 9.47 Å². The smallest absolute Gasteiger partial charge is 0.244 e. The molecule has 0 unspecified atom stereocenters. The molecule has 126 valence electrons. The number of aryl methyl sites for hydroxylation is 1. The van der Waals surface area contributed by atoms with Crippen molar-refractivity contribution in [1.29, 1.82) is 5.26 Å². The van der Waals surface area contributed by atoms with Gasteiger partial charge >= 0.3 is 0 Å². The van der Waals surface area contributed by atoms with Gasteiger partial charge in [0.15, 0.2) is 11.5 Å². The minimum Gasteiger partial charge on any atom is -0.493 e. The fourth-order valence-corrected chi connectivity index (χ4v) is 4.24. The molecule has 23 heavy (non-hydrogen) atoms.